The van der Waals surface area contributed by atoms with Crippen molar-refractivity contribution in [1.82, 2.24) is 5.32 Å². The molecule has 0 aromatic rings. The molecule has 0 bridgehead atoms. The summed E-state index contributed by atoms with van der Waals surface area (Å²) in [4.78, 5) is 0. The Balaban J connectivity index is 1.88. The van der Waals surface area contributed by atoms with E-state index < -0.39 is 0 Å². The molecule has 80 valence electrons. The number of nitrogens with one attached hydrogen (secondary N) is 1. The Morgan fingerprint density at radius 3 is 2.43 bits per heavy atom. The van der Waals surface area contributed by atoms with Gasteiger partial charge in [0.05, 0.1) is 13.2 Å². The SMILES string of the molecule is C1CNC[C@@]2(C1)CCCC21OCCO1. The average molecular weight is 197 g/mol. The van der Waals surface area contributed by atoms with Crippen molar-refractivity contribution in [3.05, 3.63) is 0 Å². The Bertz CT molecular complexity index is 212. The lowest BCUT2D eigenvalue weighted by atomic mass is 9.75. The van der Waals surface area contributed by atoms with E-state index in [9.17, 15) is 0 Å². The number of piperidine rings is 1. The second-order valence-corrected chi connectivity index (χ2v) is 4.86. The molecule has 1 atom stereocenters. The molecule has 0 aromatic heterocycles. The van der Waals surface area contributed by atoms with Crippen molar-refractivity contribution in [2.75, 3.05) is 26.3 Å². The molecule has 2 heterocycles. The van der Waals surface area contributed by atoms with Gasteiger partial charge in [0.25, 0.3) is 0 Å². The van der Waals surface area contributed by atoms with Crippen LogP contribution in [0.2, 0.25) is 0 Å². The van der Waals surface area contributed by atoms with Gasteiger partial charge in [-0.05, 0) is 32.2 Å². The number of hydrogen-bond donors (Lipinski definition) is 1. The highest BCUT2D eigenvalue weighted by Gasteiger charge is 2.58. The van der Waals surface area contributed by atoms with E-state index in [2.05, 4.69) is 5.32 Å². The number of ether oxygens (including phenoxy) is 2. The molecule has 0 radical (unpaired) electrons. The lowest BCUT2D eigenvalue weighted by Crippen LogP contribution is -2.53. The fourth-order valence-corrected chi connectivity index (χ4v) is 3.53. The zero-order valence-corrected chi connectivity index (χ0v) is 8.68. The third-order valence-corrected chi connectivity index (χ3v) is 4.20. The molecule has 14 heavy (non-hydrogen) atoms. The standard InChI is InChI=1S/C11H19NO2/c1-3-10(4-2-6-12-9-10)11(5-1)13-7-8-14-11/h12H,1-9H2/t10-/m0/s1. The molecular weight excluding hydrogens is 178 g/mol. The van der Waals surface area contributed by atoms with E-state index in [1.54, 1.807) is 0 Å². The molecule has 1 aliphatic carbocycles. The largest absolute Gasteiger partial charge is 0.347 e. The topological polar surface area (TPSA) is 30.5 Å². The third kappa shape index (κ3) is 1.09. The summed E-state index contributed by atoms with van der Waals surface area (Å²) in [7, 11) is 0. The third-order valence-electron chi connectivity index (χ3n) is 4.20. The minimum absolute atomic E-state index is 0.208. The number of fused-ring (bicyclic) bond motifs is 1. The summed E-state index contributed by atoms with van der Waals surface area (Å²) in [6.45, 7) is 3.84. The zero-order chi connectivity index (χ0) is 9.49. The van der Waals surface area contributed by atoms with E-state index >= 15 is 0 Å². The molecule has 1 saturated carbocycles. The van der Waals surface area contributed by atoms with Crippen LogP contribution in [0.4, 0.5) is 0 Å². The first-order valence-electron chi connectivity index (χ1n) is 5.86. The minimum atomic E-state index is -0.208. The van der Waals surface area contributed by atoms with Gasteiger partial charge in [0.2, 0.25) is 0 Å². The van der Waals surface area contributed by atoms with Crippen molar-refractivity contribution in [2.45, 2.75) is 37.9 Å². The Kier molecular flexibility index (Phi) is 2.08. The van der Waals surface area contributed by atoms with E-state index in [1.165, 1.54) is 25.7 Å². The Morgan fingerprint density at radius 1 is 0.929 bits per heavy atom. The lowest BCUT2D eigenvalue weighted by Gasteiger charge is -2.44. The fraction of sp³-hybridized carbons (Fsp3) is 1.00. The predicted octanol–water partition coefficient (Wildman–Crippen LogP) is 1.28. The van der Waals surface area contributed by atoms with Crippen LogP contribution in [-0.2, 0) is 9.47 Å². The molecule has 0 unspecified atom stereocenters. The van der Waals surface area contributed by atoms with Crippen molar-refractivity contribution in [3.63, 3.8) is 0 Å². The maximum atomic E-state index is 5.93. The highest BCUT2D eigenvalue weighted by molar-refractivity contribution is 5.03. The molecule has 3 aliphatic rings. The van der Waals surface area contributed by atoms with Gasteiger partial charge in [0, 0.05) is 18.4 Å². The van der Waals surface area contributed by atoms with Gasteiger partial charge in [0.1, 0.15) is 0 Å². The van der Waals surface area contributed by atoms with Gasteiger partial charge in [-0.2, -0.15) is 0 Å². The zero-order valence-electron chi connectivity index (χ0n) is 8.68. The van der Waals surface area contributed by atoms with Gasteiger partial charge in [-0.1, -0.05) is 0 Å². The van der Waals surface area contributed by atoms with Crippen molar-refractivity contribution < 1.29 is 9.47 Å². The summed E-state index contributed by atoms with van der Waals surface area (Å²) in [5, 5.41) is 3.51. The normalized spacial score (nSPS) is 41.1. The molecule has 3 nitrogen and oxygen atoms in total. The van der Waals surface area contributed by atoms with Crippen molar-refractivity contribution >= 4 is 0 Å². The molecule has 2 saturated heterocycles. The highest BCUT2D eigenvalue weighted by Crippen LogP contribution is 2.54. The van der Waals surface area contributed by atoms with Crippen LogP contribution in [-0.4, -0.2) is 32.1 Å². The Hall–Kier alpha value is -0.120. The van der Waals surface area contributed by atoms with Crippen LogP contribution in [0, 0.1) is 5.41 Å². The van der Waals surface area contributed by atoms with Gasteiger partial charge in [-0.15, -0.1) is 0 Å². The second kappa shape index (κ2) is 3.19. The monoisotopic (exact) mass is 197 g/mol. The fourth-order valence-electron chi connectivity index (χ4n) is 3.53. The molecule has 2 spiro atoms. The Morgan fingerprint density at radius 2 is 1.71 bits per heavy atom. The highest BCUT2D eigenvalue weighted by atomic mass is 16.7. The predicted molar refractivity (Wildman–Crippen MR) is 53.0 cm³/mol. The molecule has 0 aromatic carbocycles. The van der Waals surface area contributed by atoms with Crippen molar-refractivity contribution in [1.29, 1.82) is 0 Å². The van der Waals surface area contributed by atoms with Gasteiger partial charge >= 0.3 is 0 Å². The molecule has 1 N–H and O–H groups in total. The van der Waals surface area contributed by atoms with Crippen LogP contribution >= 0.6 is 0 Å². The number of rotatable bonds is 0. The second-order valence-electron chi connectivity index (χ2n) is 4.86. The van der Waals surface area contributed by atoms with Crippen molar-refractivity contribution in [2.24, 2.45) is 5.41 Å². The summed E-state index contributed by atoms with van der Waals surface area (Å²) in [6.07, 6.45) is 6.20. The molecular formula is C11H19NO2. The average Bonchev–Trinajstić information content (AvgIpc) is 2.80. The first-order valence-corrected chi connectivity index (χ1v) is 5.86. The number of hydrogen-bond acceptors (Lipinski definition) is 3. The van der Waals surface area contributed by atoms with Crippen LogP contribution in [0.15, 0.2) is 0 Å². The summed E-state index contributed by atoms with van der Waals surface area (Å²) in [5.41, 5.74) is 0.293. The maximum Gasteiger partial charge on any atom is 0.175 e. The summed E-state index contributed by atoms with van der Waals surface area (Å²) in [6, 6.07) is 0. The van der Waals surface area contributed by atoms with Crippen LogP contribution in [0.5, 0.6) is 0 Å². The first-order chi connectivity index (χ1) is 6.87. The molecule has 3 heteroatoms. The minimum Gasteiger partial charge on any atom is -0.347 e. The van der Waals surface area contributed by atoms with E-state index in [0.29, 0.717) is 5.41 Å². The van der Waals surface area contributed by atoms with Crippen LogP contribution < -0.4 is 5.32 Å². The smallest absolute Gasteiger partial charge is 0.175 e. The van der Waals surface area contributed by atoms with Crippen LogP contribution in [0.1, 0.15) is 32.1 Å². The van der Waals surface area contributed by atoms with Gasteiger partial charge in [0.15, 0.2) is 5.79 Å². The first kappa shape index (κ1) is 9.13. The summed E-state index contributed by atoms with van der Waals surface area (Å²) < 4.78 is 11.9. The molecule has 3 fully saturated rings. The van der Waals surface area contributed by atoms with Gasteiger partial charge in [-0.3, -0.25) is 0 Å². The van der Waals surface area contributed by atoms with E-state index in [4.69, 9.17) is 9.47 Å². The van der Waals surface area contributed by atoms with Gasteiger partial charge in [-0.25, -0.2) is 0 Å². The summed E-state index contributed by atoms with van der Waals surface area (Å²) in [5.74, 6) is -0.208. The Labute approximate surface area is 85.1 Å². The van der Waals surface area contributed by atoms with E-state index in [0.717, 1.165) is 32.7 Å². The molecule has 0 amide bonds. The maximum absolute atomic E-state index is 5.93. The molecule has 2 aliphatic heterocycles. The van der Waals surface area contributed by atoms with Crippen LogP contribution in [0.3, 0.4) is 0 Å². The quantitative estimate of drug-likeness (QED) is 0.634. The van der Waals surface area contributed by atoms with Crippen molar-refractivity contribution in [3.8, 4) is 0 Å². The van der Waals surface area contributed by atoms with Gasteiger partial charge < -0.3 is 14.8 Å². The van der Waals surface area contributed by atoms with E-state index in [1.807, 2.05) is 0 Å². The van der Waals surface area contributed by atoms with E-state index in [-0.39, 0.29) is 5.79 Å². The molecule has 3 rings (SSSR count). The summed E-state index contributed by atoms with van der Waals surface area (Å²) >= 11 is 0. The lowest BCUT2D eigenvalue weighted by molar-refractivity contribution is -0.225. The van der Waals surface area contributed by atoms with Crippen LogP contribution in [0.25, 0.3) is 0 Å².